The molecule has 0 aliphatic carbocycles. The molecule has 1 amide bonds. The normalized spacial score (nSPS) is 24.6. The minimum atomic E-state index is -3.29. The first-order chi connectivity index (χ1) is 16.9. The van der Waals surface area contributed by atoms with E-state index in [2.05, 4.69) is 25.8 Å². The van der Waals surface area contributed by atoms with Gasteiger partial charge < -0.3 is 24.0 Å². The van der Waals surface area contributed by atoms with Crippen molar-refractivity contribution in [2.75, 3.05) is 32.6 Å². The molecule has 0 saturated carbocycles. The molecule has 2 aliphatic heterocycles. The van der Waals surface area contributed by atoms with Gasteiger partial charge in [0.25, 0.3) is 0 Å². The number of hydrogen-bond donors (Lipinski definition) is 1. The first kappa shape index (κ1) is 24.6. The van der Waals surface area contributed by atoms with Gasteiger partial charge in [-0.2, -0.15) is 0 Å². The Kier molecular flexibility index (Phi) is 5.79. The van der Waals surface area contributed by atoms with Crippen LogP contribution in [0.4, 0.5) is 4.79 Å². The molecule has 10 heteroatoms. The van der Waals surface area contributed by atoms with E-state index in [-0.39, 0.29) is 22.3 Å². The van der Waals surface area contributed by atoms with Crippen LogP contribution in [0.15, 0.2) is 53.7 Å². The summed E-state index contributed by atoms with van der Waals surface area (Å²) < 4.78 is 38.2. The molecule has 3 aromatic rings. The molecule has 2 aliphatic rings. The Morgan fingerprint density at radius 1 is 1.22 bits per heavy atom. The Bertz CT molecular complexity index is 1410. The number of sulfone groups is 1. The molecule has 1 unspecified atom stereocenters. The average Bonchev–Trinajstić information content (AvgIpc) is 3.21. The van der Waals surface area contributed by atoms with Crippen molar-refractivity contribution in [1.29, 1.82) is 0 Å². The molecule has 2 fully saturated rings. The third-order valence-corrected chi connectivity index (χ3v) is 8.79. The molecule has 4 heterocycles. The monoisotopic (exact) mass is 513 g/mol. The van der Waals surface area contributed by atoms with Crippen molar-refractivity contribution in [3.8, 4) is 11.6 Å². The van der Waals surface area contributed by atoms with E-state index in [9.17, 15) is 18.3 Å². The molecule has 192 valence electrons. The van der Waals surface area contributed by atoms with Gasteiger partial charge in [0.1, 0.15) is 17.7 Å². The van der Waals surface area contributed by atoms with Crippen molar-refractivity contribution >= 4 is 26.8 Å². The number of nitrogens with zero attached hydrogens (tertiary/aromatic N) is 3. The molecule has 1 N–H and O–H groups in total. The number of pyridine rings is 1. The van der Waals surface area contributed by atoms with Gasteiger partial charge in [-0.15, -0.1) is 0 Å². The van der Waals surface area contributed by atoms with Crippen LogP contribution < -0.4 is 4.74 Å². The lowest BCUT2D eigenvalue weighted by atomic mass is 9.58. The summed E-state index contributed by atoms with van der Waals surface area (Å²) in [6.07, 6.45) is 3.61. The highest BCUT2D eigenvalue weighted by molar-refractivity contribution is 7.90. The standard InChI is InChI=1S/C26H31N3O6S/c1-25(2,3)26-15-28(24(30)31)13-18(14-34-16-26)23(26)35-19-5-8-22(27-12-19)29-10-9-17-11-20(36(4,32)33)6-7-21(17)29/h5-12,18,23H,13-16H2,1-4H3,(H,30,31)/t18-,23?,26-/m0/s1. The number of carbonyl (C=O) groups is 1. The van der Waals surface area contributed by atoms with Crippen molar-refractivity contribution < 1.29 is 27.8 Å². The summed E-state index contributed by atoms with van der Waals surface area (Å²) >= 11 is 0. The molecule has 36 heavy (non-hydrogen) atoms. The minimum absolute atomic E-state index is 0.0834. The van der Waals surface area contributed by atoms with Gasteiger partial charge in [-0.1, -0.05) is 20.8 Å². The number of carboxylic acid groups (broad SMARTS) is 1. The summed E-state index contributed by atoms with van der Waals surface area (Å²) in [6, 6.07) is 10.6. The zero-order valence-electron chi connectivity index (χ0n) is 20.8. The second-order valence-electron chi connectivity index (χ2n) is 10.9. The highest BCUT2D eigenvalue weighted by Gasteiger charge is 2.59. The second kappa shape index (κ2) is 8.48. The minimum Gasteiger partial charge on any atom is -0.488 e. The first-order valence-corrected chi connectivity index (χ1v) is 13.8. The molecular weight excluding hydrogens is 482 g/mol. The molecule has 5 rings (SSSR count). The Balaban J connectivity index is 1.43. The second-order valence-corrected chi connectivity index (χ2v) is 12.9. The maximum absolute atomic E-state index is 11.9. The van der Waals surface area contributed by atoms with Crippen molar-refractivity contribution in [2.45, 2.75) is 31.8 Å². The number of amides is 1. The molecule has 1 aromatic carbocycles. The van der Waals surface area contributed by atoms with E-state index in [0.717, 1.165) is 10.9 Å². The smallest absolute Gasteiger partial charge is 0.407 e. The summed E-state index contributed by atoms with van der Waals surface area (Å²) in [7, 11) is -3.29. The molecular formula is C26H31N3O6S. The quantitative estimate of drug-likeness (QED) is 0.564. The van der Waals surface area contributed by atoms with Crippen LogP contribution in [0, 0.1) is 16.7 Å². The van der Waals surface area contributed by atoms with Gasteiger partial charge >= 0.3 is 6.09 Å². The van der Waals surface area contributed by atoms with Gasteiger partial charge in [0.2, 0.25) is 0 Å². The van der Waals surface area contributed by atoms with Crippen LogP contribution >= 0.6 is 0 Å². The fourth-order valence-corrected chi connectivity index (χ4v) is 6.16. The highest BCUT2D eigenvalue weighted by Crippen LogP contribution is 2.51. The van der Waals surface area contributed by atoms with Crippen molar-refractivity contribution in [2.24, 2.45) is 16.7 Å². The summed E-state index contributed by atoms with van der Waals surface area (Å²) in [5.41, 5.74) is 0.0919. The third kappa shape index (κ3) is 4.12. The number of likely N-dealkylation sites (tertiary alicyclic amines) is 1. The van der Waals surface area contributed by atoms with Crippen LogP contribution in [-0.2, 0) is 14.6 Å². The Hall–Kier alpha value is -3.11. The lowest BCUT2D eigenvalue weighted by Crippen LogP contribution is -2.69. The van der Waals surface area contributed by atoms with Gasteiger partial charge in [-0.25, -0.2) is 18.2 Å². The van der Waals surface area contributed by atoms with Gasteiger partial charge in [-0.05, 0) is 41.8 Å². The molecule has 0 spiro atoms. The fourth-order valence-electron chi connectivity index (χ4n) is 5.50. The zero-order chi connectivity index (χ0) is 25.9. The topological polar surface area (TPSA) is 111 Å². The number of hydrogen-bond acceptors (Lipinski definition) is 6. The predicted molar refractivity (Wildman–Crippen MR) is 134 cm³/mol. The number of ether oxygens (including phenoxy) is 2. The van der Waals surface area contributed by atoms with Crippen LogP contribution in [0.5, 0.6) is 5.75 Å². The van der Waals surface area contributed by atoms with E-state index in [1.165, 1.54) is 11.2 Å². The van der Waals surface area contributed by atoms with Gasteiger partial charge in [0, 0.05) is 36.8 Å². The molecule has 2 bridgehead atoms. The number of piperidine rings is 1. The van der Waals surface area contributed by atoms with E-state index in [1.54, 1.807) is 24.4 Å². The number of aromatic nitrogens is 2. The third-order valence-electron chi connectivity index (χ3n) is 7.68. The van der Waals surface area contributed by atoms with Crippen LogP contribution in [0.1, 0.15) is 20.8 Å². The van der Waals surface area contributed by atoms with Crippen molar-refractivity contribution in [3.05, 3.63) is 48.8 Å². The van der Waals surface area contributed by atoms with E-state index in [4.69, 9.17) is 9.47 Å². The van der Waals surface area contributed by atoms with Crippen LogP contribution in [0.2, 0.25) is 0 Å². The van der Waals surface area contributed by atoms with Gasteiger partial charge in [-0.3, -0.25) is 0 Å². The number of rotatable bonds is 4. The first-order valence-electron chi connectivity index (χ1n) is 11.9. The lowest BCUT2D eigenvalue weighted by Gasteiger charge is -2.58. The van der Waals surface area contributed by atoms with Gasteiger partial charge in [0.15, 0.2) is 9.84 Å². The van der Waals surface area contributed by atoms with E-state index < -0.39 is 21.3 Å². The predicted octanol–water partition coefficient (Wildman–Crippen LogP) is 3.85. The van der Waals surface area contributed by atoms with E-state index in [0.29, 0.717) is 37.9 Å². The van der Waals surface area contributed by atoms with Crippen molar-refractivity contribution in [3.63, 3.8) is 0 Å². The number of benzene rings is 1. The zero-order valence-corrected chi connectivity index (χ0v) is 21.7. The lowest BCUT2D eigenvalue weighted by molar-refractivity contribution is -0.203. The van der Waals surface area contributed by atoms with E-state index >= 15 is 0 Å². The summed E-state index contributed by atoms with van der Waals surface area (Å²) in [6.45, 7) is 7.91. The maximum atomic E-state index is 11.9. The molecule has 0 radical (unpaired) electrons. The molecule has 2 saturated heterocycles. The fraction of sp³-hybridized carbons (Fsp3) is 0.462. The SMILES string of the molecule is CC(C)(C)[C@]12COC[C@H](CN(C(=O)O)C1)C2Oc1ccc(-n2ccc3cc(S(C)(=O)=O)ccc32)nc1. The van der Waals surface area contributed by atoms with Crippen LogP contribution in [0.25, 0.3) is 16.7 Å². The molecule has 2 aromatic heterocycles. The molecule has 9 nitrogen and oxygen atoms in total. The highest BCUT2D eigenvalue weighted by atomic mass is 32.2. The van der Waals surface area contributed by atoms with Gasteiger partial charge in [0.05, 0.1) is 35.2 Å². The van der Waals surface area contributed by atoms with E-state index in [1.807, 2.05) is 29.0 Å². The Morgan fingerprint density at radius 3 is 2.64 bits per heavy atom. The largest absolute Gasteiger partial charge is 0.488 e. The summed E-state index contributed by atoms with van der Waals surface area (Å²) in [4.78, 5) is 18.2. The Labute approximate surface area is 210 Å². The summed E-state index contributed by atoms with van der Waals surface area (Å²) in [5.74, 6) is 1.21. The maximum Gasteiger partial charge on any atom is 0.407 e. The van der Waals surface area contributed by atoms with Crippen LogP contribution in [0.3, 0.4) is 0 Å². The molecule has 3 atom stereocenters. The van der Waals surface area contributed by atoms with Crippen molar-refractivity contribution in [1.82, 2.24) is 14.5 Å². The average molecular weight is 514 g/mol. The van der Waals surface area contributed by atoms with Crippen LogP contribution in [-0.4, -0.2) is 72.7 Å². The summed E-state index contributed by atoms with van der Waals surface area (Å²) in [5, 5.41) is 10.5. The number of fused-ring (bicyclic) bond motifs is 3. The Morgan fingerprint density at radius 2 is 2.00 bits per heavy atom.